The first kappa shape index (κ1) is 14.0. The highest BCUT2D eigenvalue weighted by Crippen LogP contribution is 2.33. The Kier molecular flexibility index (Phi) is 5.26. The van der Waals surface area contributed by atoms with Crippen molar-refractivity contribution < 1.29 is 0 Å². The number of rotatable bonds is 5. The van der Waals surface area contributed by atoms with Gasteiger partial charge in [0.05, 0.1) is 0 Å². The van der Waals surface area contributed by atoms with Crippen LogP contribution < -0.4 is 5.73 Å². The van der Waals surface area contributed by atoms with Crippen molar-refractivity contribution in [2.45, 2.75) is 71.4 Å². The summed E-state index contributed by atoms with van der Waals surface area (Å²) < 4.78 is 0. The Bertz CT molecular complexity index is 199. The van der Waals surface area contributed by atoms with E-state index in [9.17, 15) is 0 Å². The number of nitrogens with zero attached hydrogens (tertiary/aromatic N) is 1. The second-order valence-corrected chi connectivity index (χ2v) is 5.70. The minimum atomic E-state index is 0.272. The molecule has 0 aliphatic carbocycles. The molecular formula is C14H30N2. The predicted molar refractivity (Wildman–Crippen MR) is 71.6 cm³/mol. The van der Waals surface area contributed by atoms with Crippen LogP contribution >= 0.6 is 0 Å². The fourth-order valence-electron chi connectivity index (χ4n) is 3.46. The van der Waals surface area contributed by atoms with Gasteiger partial charge in [0, 0.05) is 18.1 Å². The Labute approximate surface area is 102 Å². The van der Waals surface area contributed by atoms with Gasteiger partial charge in [-0.05, 0) is 45.1 Å². The quantitative estimate of drug-likeness (QED) is 0.781. The lowest BCUT2D eigenvalue weighted by atomic mass is 9.82. The first-order chi connectivity index (χ1) is 7.59. The van der Waals surface area contributed by atoms with Crippen molar-refractivity contribution in [3.8, 4) is 0 Å². The molecule has 1 heterocycles. The molecule has 2 N–H and O–H groups in total. The van der Waals surface area contributed by atoms with E-state index >= 15 is 0 Å². The number of hydrogen-bond acceptors (Lipinski definition) is 2. The van der Waals surface area contributed by atoms with Crippen LogP contribution in [-0.4, -0.2) is 29.6 Å². The summed E-state index contributed by atoms with van der Waals surface area (Å²) in [5, 5.41) is 0. The summed E-state index contributed by atoms with van der Waals surface area (Å²) in [7, 11) is 0. The van der Waals surface area contributed by atoms with Crippen LogP contribution in [-0.2, 0) is 0 Å². The van der Waals surface area contributed by atoms with Gasteiger partial charge in [-0.2, -0.15) is 0 Å². The molecule has 1 rings (SSSR count). The summed E-state index contributed by atoms with van der Waals surface area (Å²) in [4.78, 5) is 2.70. The van der Waals surface area contributed by atoms with E-state index in [0.29, 0.717) is 6.04 Å². The summed E-state index contributed by atoms with van der Waals surface area (Å²) >= 11 is 0. The van der Waals surface area contributed by atoms with E-state index in [0.717, 1.165) is 12.5 Å². The van der Waals surface area contributed by atoms with Crippen LogP contribution in [0.25, 0.3) is 0 Å². The Morgan fingerprint density at radius 2 is 2.00 bits per heavy atom. The number of nitrogens with two attached hydrogens (primary N) is 1. The molecule has 0 aromatic carbocycles. The molecule has 1 aliphatic heterocycles. The van der Waals surface area contributed by atoms with Crippen LogP contribution in [0, 0.1) is 5.92 Å². The van der Waals surface area contributed by atoms with Crippen molar-refractivity contribution in [1.29, 1.82) is 0 Å². The number of hydrogen-bond donors (Lipinski definition) is 1. The van der Waals surface area contributed by atoms with Crippen LogP contribution in [0.15, 0.2) is 0 Å². The van der Waals surface area contributed by atoms with Gasteiger partial charge in [0.25, 0.3) is 0 Å². The summed E-state index contributed by atoms with van der Waals surface area (Å²) in [6, 6.07) is 0.707. The van der Waals surface area contributed by atoms with Gasteiger partial charge in [-0.25, -0.2) is 0 Å². The molecule has 1 saturated heterocycles. The molecule has 0 radical (unpaired) electrons. The Morgan fingerprint density at radius 3 is 2.44 bits per heavy atom. The third-order valence-corrected chi connectivity index (χ3v) is 4.50. The van der Waals surface area contributed by atoms with Gasteiger partial charge in [-0.3, -0.25) is 4.90 Å². The maximum atomic E-state index is 6.09. The normalized spacial score (nSPS) is 31.3. The predicted octanol–water partition coefficient (Wildman–Crippen LogP) is 3.01. The summed E-state index contributed by atoms with van der Waals surface area (Å²) in [6.07, 6.45) is 6.36. The third kappa shape index (κ3) is 2.78. The summed E-state index contributed by atoms with van der Waals surface area (Å²) in [6.45, 7) is 11.4. The molecule has 0 bridgehead atoms. The van der Waals surface area contributed by atoms with Crippen LogP contribution in [0.5, 0.6) is 0 Å². The number of likely N-dealkylation sites (tertiary alicyclic amines) is 1. The minimum Gasteiger partial charge on any atom is -0.329 e. The molecule has 1 aliphatic rings. The largest absolute Gasteiger partial charge is 0.329 e. The second kappa shape index (κ2) is 6.02. The third-order valence-electron chi connectivity index (χ3n) is 4.50. The monoisotopic (exact) mass is 226 g/mol. The molecule has 3 atom stereocenters. The maximum Gasteiger partial charge on any atom is 0.0331 e. The molecule has 1 fully saturated rings. The molecular weight excluding hydrogens is 196 g/mol. The van der Waals surface area contributed by atoms with Crippen LogP contribution in [0.3, 0.4) is 0 Å². The topological polar surface area (TPSA) is 29.3 Å². The van der Waals surface area contributed by atoms with Crippen molar-refractivity contribution in [3.63, 3.8) is 0 Å². The fraction of sp³-hybridized carbons (Fsp3) is 1.00. The van der Waals surface area contributed by atoms with Crippen molar-refractivity contribution in [2.75, 3.05) is 13.1 Å². The van der Waals surface area contributed by atoms with E-state index in [-0.39, 0.29) is 5.54 Å². The molecule has 0 aromatic heterocycles. The molecule has 0 spiro atoms. The Balaban J connectivity index is 2.77. The first-order valence-corrected chi connectivity index (χ1v) is 7.06. The number of piperidine rings is 1. The van der Waals surface area contributed by atoms with E-state index in [1.165, 1.54) is 38.6 Å². The molecule has 96 valence electrons. The SMILES string of the molecule is CCCC(CC)(CN)N1CCC(C)CC1C. The van der Waals surface area contributed by atoms with Gasteiger partial charge >= 0.3 is 0 Å². The van der Waals surface area contributed by atoms with Crippen LogP contribution in [0.1, 0.15) is 59.8 Å². The minimum absolute atomic E-state index is 0.272. The molecule has 16 heavy (non-hydrogen) atoms. The smallest absolute Gasteiger partial charge is 0.0331 e. The van der Waals surface area contributed by atoms with Gasteiger partial charge in [0.2, 0.25) is 0 Å². The van der Waals surface area contributed by atoms with E-state index < -0.39 is 0 Å². The summed E-state index contributed by atoms with van der Waals surface area (Å²) in [5.41, 5.74) is 6.36. The van der Waals surface area contributed by atoms with Crippen molar-refractivity contribution in [1.82, 2.24) is 4.90 Å². The molecule has 0 saturated carbocycles. The van der Waals surface area contributed by atoms with Gasteiger partial charge < -0.3 is 5.73 Å². The lowest BCUT2D eigenvalue weighted by Crippen LogP contribution is -2.59. The van der Waals surface area contributed by atoms with Crippen molar-refractivity contribution in [3.05, 3.63) is 0 Å². The van der Waals surface area contributed by atoms with Crippen molar-refractivity contribution >= 4 is 0 Å². The lowest BCUT2D eigenvalue weighted by molar-refractivity contribution is 0.00594. The zero-order chi connectivity index (χ0) is 12.2. The highest BCUT2D eigenvalue weighted by Gasteiger charge is 2.38. The standard InChI is InChI=1S/C14H30N2/c1-5-8-14(6-2,11-15)16-9-7-12(3)10-13(16)4/h12-13H,5-11,15H2,1-4H3. The highest BCUT2D eigenvalue weighted by molar-refractivity contribution is 4.95. The average Bonchev–Trinajstić information content (AvgIpc) is 2.27. The Morgan fingerprint density at radius 1 is 1.31 bits per heavy atom. The summed E-state index contributed by atoms with van der Waals surface area (Å²) in [5.74, 6) is 0.889. The maximum absolute atomic E-state index is 6.09. The van der Waals surface area contributed by atoms with E-state index in [4.69, 9.17) is 5.73 Å². The molecule has 2 nitrogen and oxygen atoms in total. The fourth-order valence-corrected chi connectivity index (χ4v) is 3.46. The van der Waals surface area contributed by atoms with Gasteiger partial charge in [0.15, 0.2) is 0 Å². The van der Waals surface area contributed by atoms with E-state index in [1.54, 1.807) is 0 Å². The zero-order valence-electron chi connectivity index (χ0n) is 11.6. The van der Waals surface area contributed by atoms with Gasteiger partial charge in [-0.1, -0.05) is 27.2 Å². The van der Waals surface area contributed by atoms with Gasteiger partial charge in [-0.15, -0.1) is 0 Å². The molecule has 0 amide bonds. The zero-order valence-corrected chi connectivity index (χ0v) is 11.6. The molecule has 3 unspecified atom stereocenters. The molecule has 2 heteroatoms. The highest BCUT2D eigenvalue weighted by atomic mass is 15.2. The van der Waals surface area contributed by atoms with E-state index in [2.05, 4.69) is 32.6 Å². The van der Waals surface area contributed by atoms with Crippen LogP contribution in [0.4, 0.5) is 0 Å². The second-order valence-electron chi connectivity index (χ2n) is 5.70. The molecule has 0 aromatic rings. The average molecular weight is 226 g/mol. The lowest BCUT2D eigenvalue weighted by Gasteiger charge is -2.50. The van der Waals surface area contributed by atoms with Crippen molar-refractivity contribution in [2.24, 2.45) is 11.7 Å². The van der Waals surface area contributed by atoms with E-state index in [1.807, 2.05) is 0 Å². The first-order valence-electron chi connectivity index (χ1n) is 7.06. The Hall–Kier alpha value is -0.0800. The van der Waals surface area contributed by atoms with Crippen LogP contribution in [0.2, 0.25) is 0 Å². The van der Waals surface area contributed by atoms with Gasteiger partial charge in [0.1, 0.15) is 0 Å².